The van der Waals surface area contributed by atoms with E-state index in [2.05, 4.69) is 62.4 Å². The van der Waals surface area contributed by atoms with Crippen LogP contribution in [0.15, 0.2) is 67.1 Å². The number of hydrogen-bond acceptors (Lipinski definition) is 4. The van der Waals surface area contributed by atoms with E-state index in [0.717, 1.165) is 39.4 Å². The van der Waals surface area contributed by atoms with E-state index in [1.807, 2.05) is 18.2 Å². The van der Waals surface area contributed by atoms with E-state index >= 15 is 0 Å². The minimum atomic E-state index is 0.487. The molecule has 0 saturated heterocycles. The third-order valence-corrected chi connectivity index (χ3v) is 5.71. The van der Waals surface area contributed by atoms with Gasteiger partial charge in [-0.1, -0.05) is 43.2 Å². The molecule has 0 spiro atoms. The van der Waals surface area contributed by atoms with Gasteiger partial charge in [-0.15, -0.1) is 0 Å². The van der Waals surface area contributed by atoms with Crippen molar-refractivity contribution in [2.75, 3.05) is 12.4 Å². The van der Waals surface area contributed by atoms with Crippen molar-refractivity contribution in [2.24, 2.45) is 0 Å². The van der Waals surface area contributed by atoms with Crippen molar-refractivity contribution >= 4 is 16.9 Å². The lowest BCUT2D eigenvalue weighted by Gasteiger charge is -2.14. The van der Waals surface area contributed by atoms with Gasteiger partial charge in [0.1, 0.15) is 17.9 Å². The third kappa shape index (κ3) is 3.33. The van der Waals surface area contributed by atoms with Gasteiger partial charge in [-0.05, 0) is 42.7 Å². The molecule has 0 radical (unpaired) electrons. The Morgan fingerprint density at radius 2 is 1.72 bits per heavy atom. The maximum absolute atomic E-state index is 5.32. The van der Waals surface area contributed by atoms with Gasteiger partial charge in [0, 0.05) is 23.5 Å². The molecule has 29 heavy (non-hydrogen) atoms. The van der Waals surface area contributed by atoms with Crippen LogP contribution in [0.1, 0.15) is 25.7 Å². The van der Waals surface area contributed by atoms with E-state index in [9.17, 15) is 0 Å². The molecule has 1 N–H and O–H groups in total. The van der Waals surface area contributed by atoms with Crippen LogP contribution in [0.4, 0.5) is 5.82 Å². The highest BCUT2D eigenvalue weighted by Crippen LogP contribution is 2.36. The predicted octanol–water partition coefficient (Wildman–Crippen LogP) is 5.45. The topological polar surface area (TPSA) is 52.0 Å². The lowest BCUT2D eigenvalue weighted by atomic mass is 10.1. The molecule has 0 bridgehead atoms. The van der Waals surface area contributed by atoms with Crippen molar-refractivity contribution in [1.82, 2.24) is 14.5 Å². The number of methoxy groups -OCH3 is 1. The first kappa shape index (κ1) is 17.7. The van der Waals surface area contributed by atoms with Crippen molar-refractivity contribution < 1.29 is 4.74 Å². The van der Waals surface area contributed by atoms with E-state index < -0.39 is 0 Å². The van der Waals surface area contributed by atoms with Gasteiger partial charge in [0.2, 0.25) is 0 Å². The molecule has 0 unspecified atom stereocenters. The van der Waals surface area contributed by atoms with Crippen LogP contribution in [0.25, 0.3) is 27.8 Å². The number of ether oxygens (including phenoxy) is 1. The number of aromatic nitrogens is 3. The number of hydrogen-bond donors (Lipinski definition) is 1. The summed E-state index contributed by atoms with van der Waals surface area (Å²) in [6, 6.07) is 19.0. The van der Waals surface area contributed by atoms with Crippen LogP contribution in [-0.2, 0) is 0 Å². The number of benzene rings is 2. The monoisotopic (exact) mass is 384 g/mol. The van der Waals surface area contributed by atoms with E-state index in [0.29, 0.717) is 6.04 Å². The van der Waals surface area contributed by atoms with Gasteiger partial charge in [-0.3, -0.25) is 0 Å². The second-order valence-corrected chi connectivity index (χ2v) is 7.52. The fourth-order valence-electron chi connectivity index (χ4n) is 4.21. The molecule has 2 aromatic heterocycles. The van der Waals surface area contributed by atoms with Gasteiger partial charge in [-0.2, -0.15) is 0 Å². The van der Waals surface area contributed by atoms with Gasteiger partial charge in [0.15, 0.2) is 5.65 Å². The van der Waals surface area contributed by atoms with E-state index in [1.54, 1.807) is 13.4 Å². The van der Waals surface area contributed by atoms with Crippen LogP contribution >= 0.6 is 0 Å². The summed E-state index contributed by atoms with van der Waals surface area (Å²) in [6.07, 6.45) is 8.79. The SMILES string of the molecule is COc1ccc(-n2cc(-c3ccccc3)c3c(NC4CCCC4)ncnc32)cc1. The molecule has 5 rings (SSSR count). The lowest BCUT2D eigenvalue weighted by molar-refractivity contribution is 0.415. The van der Waals surface area contributed by atoms with Crippen LogP contribution in [0, 0.1) is 0 Å². The summed E-state index contributed by atoms with van der Waals surface area (Å²) in [5, 5.41) is 4.76. The molecule has 0 amide bonds. The molecule has 5 heteroatoms. The second-order valence-electron chi connectivity index (χ2n) is 7.52. The highest BCUT2D eigenvalue weighted by molar-refractivity contribution is 6.02. The fourth-order valence-corrected chi connectivity index (χ4v) is 4.21. The summed E-state index contributed by atoms with van der Waals surface area (Å²) in [5.74, 6) is 1.76. The Morgan fingerprint density at radius 1 is 0.966 bits per heavy atom. The molecule has 2 aromatic carbocycles. The first-order chi connectivity index (χ1) is 14.3. The molecule has 2 heterocycles. The molecule has 1 aliphatic carbocycles. The Morgan fingerprint density at radius 3 is 2.45 bits per heavy atom. The number of rotatable bonds is 5. The Balaban J connectivity index is 1.69. The Kier molecular flexibility index (Phi) is 4.64. The molecule has 1 fully saturated rings. The molecule has 0 atom stereocenters. The van der Waals surface area contributed by atoms with Crippen LogP contribution in [0.3, 0.4) is 0 Å². The molecule has 1 saturated carbocycles. The average molecular weight is 384 g/mol. The molecular formula is C24H24N4O. The fraction of sp³-hybridized carbons (Fsp3) is 0.250. The van der Waals surface area contributed by atoms with Crippen molar-refractivity contribution in [2.45, 2.75) is 31.7 Å². The first-order valence-electron chi connectivity index (χ1n) is 10.2. The quantitative estimate of drug-likeness (QED) is 0.497. The van der Waals surface area contributed by atoms with Gasteiger partial charge >= 0.3 is 0 Å². The third-order valence-electron chi connectivity index (χ3n) is 5.71. The molecular weight excluding hydrogens is 360 g/mol. The van der Waals surface area contributed by atoms with Gasteiger partial charge in [0.05, 0.1) is 12.5 Å². The standard InChI is InChI=1S/C24H24N4O/c1-29-20-13-11-19(12-14-20)28-15-21(17-7-3-2-4-8-17)22-23(25-16-26-24(22)28)27-18-9-5-6-10-18/h2-4,7-8,11-16,18H,5-6,9-10H2,1H3,(H,25,26,27). The largest absolute Gasteiger partial charge is 0.497 e. The molecule has 1 aliphatic rings. The smallest absolute Gasteiger partial charge is 0.150 e. The minimum absolute atomic E-state index is 0.487. The average Bonchev–Trinajstić information content (AvgIpc) is 3.43. The number of nitrogens with one attached hydrogen (secondary N) is 1. The predicted molar refractivity (Wildman–Crippen MR) is 117 cm³/mol. The zero-order valence-corrected chi connectivity index (χ0v) is 16.5. The maximum atomic E-state index is 5.32. The van der Waals surface area contributed by atoms with Gasteiger partial charge in [-0.25, -0.2) is 9.97 Å². The van der Waals surface area contributed by atoms with Crippen molar-refractivity contribution in [1.29, 1.82) is 0 Å². The highest BCUT2D eigenvalue weighted by atomic mass is 16.5. The normalized spacial score (nSPS) is 14.4. The van der Waals surface area contributed by atoms with Crippen LogP contribution in [-0.4, -0.2) is 27.7 Å². The van der Waals surface area contributed by atoms with Crippen LogP contribution in [0.2, 0.25) is 0 Å². The lowest BCUT2D eigenvalue weighted by Crippen LogP contribution is -2.15. The van der Waals surface area contributed by atoms with E-state index in [1.165, 1.54) is 25.7 Å². The number of nitrogens with zero attached hydrogens (tertiary/aromatic N) is 3. The summed E-state index contributed by atoms with van der Waals surface area (Å²) in [4.78, 5) is 9.30. The molecule has 0 aliphatic heterocycles. The highest BCUT2D eigenvalue weighted by Gasteiger charge is 2.21. The van der Waals surface area contributed by atoms with Gasteiger partial charge < -0.3 is 14.6 Å². The van der Waals surface area contributed by atoms with E-state index in [4.69, 9.17) is 4.74 Å². The molecule has 146 valence electrons. The van der Waals surface area contributed by atoms with E-state index in [-0.39, 0.29) is 0 Å². The second kappa shape index (κ2) is 7.59. The Bertz CT molecular complexity index is 1110. The number of fused-ring (bicyclic) bond motifs is 1. The zero-order valence-electron chi connectivity index (χ0n) is 16.5. The zero-order chi connectivity index (χ0) is 19.6. The Labute approximate surface area is 170 Å². The first-order valence-corrected chi connectivity index (χ1v) is 10.2. The van der Waals surface area contributed by atoms with Crippen molar-refractivity contribution in [3.05, 3.63) is 67.1 Å². The summed E-state index contributed by atoms with van der Waals surface area (Å²) < 4.78 is 7.45. The van der Waals surface area contributed by atoms with Crippen LogP contribution in [0.5, 0.6) is 5.75 Å². The minimum Gasteiger partial charge on any atom is -0.497 e. The summed E-state index contributed by atoms with van der Waals surface area (Å²) >= 11 is 0. The molecule has 5 nitrogen and oxygen atoms in total. The summed E-state index contributed by atoms with van der Waals surface area (Å²) in [7, 11) is 1.68. The Hall–Kier alpha value is -3.34. The summed E-state index contributed by atoms with van der Waals surface area (Å²) in [6.45, 7) is 0. The molecule has 4 aromatic rings. The van der Waals surface area contributed by atoms with Crippen molar-refractivity contribution in [3.63, 3.8) is 0 Å². The van der Waals surface area contributed by atoms with Crippen LogP contribution < -0.4 is 10.1 Å². The van der Waals surface area contributed by atoms with Gasteiger partial charge in [0.25, 0.3) is 0 Å². The summed E-state index contributed by atoms with van der Waals surface area (Å²) in [5.41, 5.74) is 4.25. The maximum Gasteiger partial charge on any atom is 0.150 e. The number of anilines is 1. The van der Waals surface area contributed by atoms with Crippen molar-refractivity contribution in [3.8, 4) is 22.6 Å².